The molecule has 0 amide bonds. The third-order valence-corrected chi connectivity index (χ3v) is 7.44. The van der Waals surface area contributed by atoms with Crippen molar-refractivity contribution in [2.75, 3.05) is 36.5 Å². The van der Waals surface area contributed by atoms with Gasteiger partial charge >= 0.3 is 0 Å². The van der Waals surface area contributed by atoms with Crippen LogP contribution in [0.4, 0.5) is 17.5 Å². The summed E-state index contributed by atoms with van der Waals surface area (Å²) < 4.78 is 32.0. The summed E-state index contributed by atoms with van der Waals surface area (Å²) in [5.41, 5.74) is 1.07. The normalized spacial score (nSPS) is 17.8. The summed E-state index contributed by atoms with van der Waals surface area (Å²) in [6.45, 7) is 5.05. The molecule has 156 valence electrons. The molecule has 2 aromatic heterocycles. The van der Waals surface area contributed by atoms with Gasteiger partial charge in [0, 0.05) is 36.3 Å². The highest BCUT2D eigenvalue weighted by Crippen LogP contribution is 2.40. The first-order chi connectivity index (χ1) is 14.4. The highest BCUT2D eigenvalue weighted by Gasteiger charge is 2.45. The molecule has 3 aromatic rings. The second-order valence-electron chi connectivity index (χ2n) is 8.09. The van der Waals surface area contributed by atoms with Crippen LogP contribution in [0.1, 0.15) is 12.1 Å². The van der Waals surface area contributed by atoms with Crippen LogP contribution >= 0.6 is 0 Å². The average molecular weight is 426 g/mol. The number of ether oxygens (including phenoxy) is 1. The number of aromatic nitrogens is 3. The summed E-state index contributed by atoms with van der Waals surface area (Å²) >= 11 is 0. The van der Waals surface area contributed by atoms with Gasteiger partial charge in [0.25, 0.3) is 0 Å². The maximum absolute atomic E-state index is 13.3. The van der Waals surface area contributed by atoms with Gasteiger partial charge in [-0.2, -0.15) is 5.10 Å². The van der Waals surface area contributed by atoms with E-state index in [4.69, 9.17) is 9.72 Å². The highest BCUT2D eigenvalue weighted by atomic mass is 32.2. The quantitative estimate of drug-likeness (QED) is 0.648. The monoisotopic (exact) mass is 425 g/mol. The molecule has 1 spiro atoms. The number of rotatable bonds is 5. The number of nitrogens with zero attached hydrogens (tertiary/aromatic N) is 3. The van der Waals surface area contributed by atoms with Crippen molar-refractivity contribution < 1.29 is 13.2 Å². The Hall–Kier alpha value is -2.91. The Kier molecular flexibility index (Phi) is 4.52. The minimum Gasteiger partial charge on any atom is -0.380 e. The first kappa shape index (κ1) is 19.1. The van der Waals surface area contributed by atoms with E-state index >= 15 is 0 Å². The van der Waals surface area contributed by atoms with Gasteiger partial charge in [-0.05, 0) is 31.5 Å². The zero-order valence-electron chi connectivity index (χ0n) is 16.6. The summed E-state index contributed by atoms with van der Waals surface area (Å²) in [6.07, 6.45) is 1.02. The van der Waals surface area contributed by atoms with Crippen molar-refractivity contribution in [2.45, 2.75) is 23.1 Å². The number of aromatic amines is 1. The number of anilines is 3. The zero-order valence-corrected chi connectivity index (χ0v) is 17.4. The lowest BCUT2D eigenvalue weighted by atomic mass is 9.85. The number of H-pyrrole nitrogens is 1. The van der Waals surface area contributed by atoms with Crippen LogP contribution in [0.5, 0.6) is 0 Å². The molecule has 2 N–H and O–H groups in total. The van der Waals surface area contributed by atoms with E-state index in [9.17, 15) is 8.42 Å². The number of nitrogens with one attached hydrogen (secondary N) is 2. The molecule has 0 radical (unpaired) electrons. The van der Waals surface area contributed by atoms with Crippen LogP contribution in [-0.4, -0.2) is 49.9 Å². The third-order valence-electron chi connectivity index (χ3n) is 5.69. The summed E-state index contributed by atoms with van der Waals surface area (Å²) in [5, 5.41) is 10.2. The molecule has 0 unspecified atom stereocenters. The summed E-state index contributed by atoms with van der Waals surface area (Å²) in [4.78, 5) is 7.32. The van der Waals surface area contributed by atoms with Gasteiger partial charge in [0.15, 0.2) is 5.82 Å². The molecule has 9 heteroatoms. The Balaban J connectivity index is 1.55. The fourth-order valence-electron chi connectivity index (χ4n) is 3.98. The van der Waals surface area contributed by atoms with Crippen molar-refractivity contribution in [2.24, 2.45) is 5.41 Å². The highest BCUT2D eigenvalue weighted by molar-refractivity contribution is 7.91. The molecular formula is C21H23N5O3S. The van der Waals surface area contributed by atoms with E-state index in [0.29, 0.717) is 17.5 Å². The zero-order chi connectivity index (χ0) is 20.8. The molecule has 5 rings (SSSR count). The van der Waals surface area contributed by atoms with Crippen LogP contribution in [0.15, 0.2) is 58.3 Å². The number of hydrogen-bond donors (Lipinski definition) is 2. The lowest BCUT2D eigenvalue weighted by Crippen LogP contribution is -2.44. The van der Waals surface area contributed by atoms with Crippen molar-refractivity contribution in [3.63, 3.8) is 0 Å². The van der Waals surface area contributed by atoms with Crippen molar-refractivity contribution in [3.8, 4) is 0 Å². The minimum atomic E-state index is -3.68. The Morgan fingerprint density at radius 2 is 1.90 bits per heavy atom. The standard InChI is InChI=1S/C21H23N5O3S/c1-15-9-19(25-24-15)22-18-10-17(30(27,28)16-5-3-2-4-6-16)11-20(23-18)26-8-7-21(12-26)13-29-14-21/h2-6,9-11H,7-8,12-14H2,1H3,(H2,22,23,24,25). The second-order valence-corrected chi connectivity index (χ2v) is 10.0. The molecule has 2 aliphatic rings. The van der Waals surface area contributed by atoms with Crippen LogP contribution in [-0.2, 0) is 14.6 Å². The number of sulfone groups is 1. The SMILES string of the molecule is Cc1cc(Nc2cc(S(=O)(=O)c3ccccc3)cc(N3CCC4(COC4)C3)n2)n[nH]1. The van der Waals surface area contributed by atoms with Crippen LogP contribution in [0.25, 0.3) is 0 Å². The van der Waals surface area contributed by atoms with E-state index in [2.05, 4.69) is 20.4 Å². The van der Waals surface area contributed by atoms with Crippen LogP contribution < -0.4 is 10.2 Å². The lowest BCUT2D eigenvalue weighted by Gasteiger charge is -2.37. The van der Waals surface area contributed by atoms with Crippen molar-refractivity contribution in [1.29, 1.82) is 0 Å². The van der Waals surface area contributed by atoms with Crippen LogP contribution in [0, 0.1) is 12.3 Å². The molecular weight excluding hydrogens is 402 g/mol. The first-order valence-electron chi connectivity index (χ1n) is 9.88. The van der Waals surface area contributed by atoms with Gasteiger partial charge in [-0.3, -0.25) is 5.10 Å². The Labute approximate surface area is 175 Å². The Morgan fingerprint density at radius 1 is 1.10 bits per heavy atom. The molecule has 0 saturated carbocycles. The molecule has 8 nitrogen and oxygen atoms in total. The first-order valence-corrected chi connectivity index (χ1v) is 11.4. The maximum atomic E-state index is 13.3. The Bertz CT molecular complexity index is 1170. The molecule has 2 aliphatic heterocycles. The van der Waals surface area contributed by atoms with Gasteiger partial charge in [-0.25, -0.2) is 13.4 Å². The topological polar surface area (TPSA) is 100 Å². The second kappa shape index (κ2) is 7.10. The number of aryl methyl sites for hydroxylation is 1. The van der Waals surface area contributed by atoms with E-state index in [0.717, 1.165) is 38.4 Å². The van der Waals surface area contributed by atoms with Gasteiger partial charge in [-0.15, -0.1) is 0 Å². The molecule has 0 atom stereocenters. The van der Waals surface area contributed by atoms with Crippen molar-refractivity contribution in [1.82, 2.24) is 15.2 Å². The van der Waals surface area contributed by atoms with Crippen molar-refractivity contribution in [3.05, 3.63) is 54.2 Å². The van der Waals surface area contributed by atoms with Crippen LogP contribution in [0.3, 0.4) is 0 Å². The largest absolute Gasteiger partial charge is 0.380 e. The average Bonchev–Trinajstić information content (AvgIpc) is 3.35. The fourth-order valence-corrected chi connectivity index (χ4v) is 5.29. The molecule has 30 heavy (non-hydrogen) atoms. The lowest BCUT2D eigenvalue weighted by molar-refractivity contribution is -0.0985. The number of hydrogen-bond acceptors (Lipinski definition) is 7. The van der Waals surface area contributed by atoms with E-state index in [-0.39, 0.29) is 15.2 Å². The predicted molar refractivity (Wildman–Crippen MR) is 113 cm³/mol. The minimum absolute atomic E-state index is 0.170. The van der Waals surface area contributed by atoms with Gasteiger partial charge in [-0.1, -0.05) is 18.2 Å². The summed E-state index contributed by atoms with van der Waals surface area (Å²) in [5.74, 6) is 1.68. The van der Waals surface area contributed by atoms with Crippen molar-refractivity contribution >= 4 is 27.3 Å². The maximum Gasteiger partial charge on any atom is 0.206 e. The van der Waals surface area contributed by atoms with E-state index in [1.54, 1.807) is 42.5 Å². The molecule has 1 aromatic carbocycles. The van der Waals surface area contributed by atoms with E-state index in [1.165, 1.54) is 0 Å². The molecule has 4 heterocycles. The third kappa shape index (κ3) is 3.44. The summed E-state index contributed by atoms with van der Waals surface area (Å²) in [6, 6.07) is 13.5. The molecule has 0 aliphatic carbocycles. The molecule has 0 bridgehead atoms. The Morgan fingerprint density at radius 3 is 2.53 bits per heavy atom. The van der Waals surface area contributed by atoms with Gasteiger partial charge in [0.05, 0.1) is 23.0 Å². The van der Waals surface area contributed by atoms with Gasteiger partial charge < -0.3 is 15.0 Å². The summed E-state index contributed by atoms with van der Waals surface area (Å²) in [7, 11) is -3.68. The smallest absolute Gasteiger partial charge is 0.206 e. The van der Waals surface area contributed by atoms with Gasteiger partial charge in [0.1, 0.15) is 11.6 Å². The van der Waals surface area contributed by atoms with E-state index in [1.807, 2.05) is 13.0 Å². The molecule has 2 fully saturated rings. The fraction of sp³-hybridized carbons (Fsp3) is 0.333. The van der Waals surface area contributed by atoms with Crippen LogP contribution in [0.2, 0.25) is 0 Å². The predicted octanol–water partition coefficient (Wildman–Crippen LogP) is 2.92. The number of pyridine rings is 1. The van der Waals surface area contributed by atoms with Gasteiger partial charge in [0.2, 0.25) is 9.84 Å². The number of benzene rings is 1. The molecule has 2 saturated heterocycles. The van der Waals surface area contributed by atoms with E-state index < -0.39 is 9.84 Å².